The molecule has 1 aliphatic carbocycles. The highest BCUT2D eigenvalue weighted by Gasteiger charge is 2.30. The van der Waals surface area contributed by atoms with E-state index in [9.17, 15) is 31.5 Å². The molecule has 3 N–H and O–H groups in total. The Balaban J connectivity index is 1.86. The molecule has 0 radical (unpaired) electrons. The van der Waals surface area contributed by atoms with E-state index in [0.29, 0.717) is 31.4 Å². The van der Waals surface area contributed by atoms with Gasteiger partial charge >= 0.3 is 0 Å². The summed E-state index contributed by atoms with van der Waals surface area (Å²) in [6.45, 7) is 0. The van der Waals surface area contributed by atoms with Gasteiger partial charge in [-0.25, -0.2) is 26.3 Å². The van der Waals surface area contributed by atoms with Crippen LogP contribution in [0.4, 0.5) is 18.9 Å². The number of benzene rings is 2. The molecule has 0 saturated heterocycles. The van der Waals surface area contributed by atoms with Gasteiger partial charge in [0.05, 0.1) is 21.6 Å². The second kappa shape index (κ2) is 8.31. The Hall–Kier alpha value is -2.14. The number of sulfonamides is 1. The summed E-state index contributed by atoms with van der Waals surface area (Å²) in [5.74, 6) is -5.63. The number of carbonyl (C=O) groups is 1. The lowest BCUT2D eigenvalue weighted by Crippen LogP contribution is -2.39. The summed E-state index contributed by atoms with van der Waals surface area (Å²) in [7, 11) is -4.06. The molecule has 3 rings (SSSR count). The van der Waals surface area contributed by atoms with E-state index < -0.39 is 45.5 Å². The summed E-state index contributed by atoms with van der Waals surface area (Å²) in [4.78, 5) is 12.2. The van der Waals surface area contributed by atoms with E-state index in [0.717, 1.165) is 6.07 Å². The Morgan fingerprint density at radius 2 is 1.76 bits per heavy atom. The summed E-state index contributed by atoms with van der Waals surface area (Å²) in [6, 6.07) is 3.87. The van der Waals surface area contributed by atoms with Gasteiger partial charge in [0.2, 0.25) is 10.0 Å². The van der Waals surface area contributed by atoms with Crippen LogP contribution in [0.25, 0.3) is 0 Å². The maximum Gasteiger partial charge on any atom is 0.257 e. The van der Waals surface area contributed by atoms with Crippen molar-refractivity contribution in [3.05, 3.63) is 58.4 Å². The van der Waals surface area contributed by atoms with Crippen molar-refractivity contribution in [3.8, 4) is 0 Å². The van der Waals surface area contributed by atoms with Gasteiger partial charge in [0.1, 0.15) is 0 Å². The standard InChI is InChI=1S/C18H16ClF3N2O4S/c19-12-5-4-10(29(27,28)24-15-2-1-3-16(15)25)8-11(12)18(26)23-9-6-13(20)17(22)14(21)7-9/h4-8,15-16,24-25H,1-3H2,(H,23,26). The zero-order valence-corrected chi connectivity index (χ0v) is 16.3. The number of hydrogen-bond acceptors (Lipinski definition) is 4. The van der Waals surface area contributed by atoms with Gasteiger partial charge in [-0.2, -0.15) is 0 Å². The Morgan fingerprint density at radius 3 is 2.34 bits per heavy atom. The van der Waals surface area contributed by atoms with Gasteiger partial charge < -0.3 is 10.4 Å². The van der Waals surface area contributed by atoms with Crippen molar-refractivity contribution >= 4 is 33.2 Å². The summed E-state index contributed by atoms with van der Waals surface area (Å²) in [5, 5.41) is 11.8. The summed E-state index contributed by atoms with van der Waals surface area (Å²) in [5.41, 5.74) is -0.644. The number of halogens is 4. The third-order valence-corrected chi connectivity index (χ3v) is 6.34. The molecule has 1 fully saturated rings. The molecule has 2 aromatic rings. The first-order chi connectivity index (χ1) is 13.6. The van der Waals surface area contributed by atoms with Gasteiger partial charge in [0.25, 0.3) is 5.91 Å². The molecule has 29 heavy (non-hydrogen) atoms. The fourth-order valence-corrected chi connectivity index (χ4v) is 4.55. The number of nitrogens with one attached hydrogen (secondary N) is 2. The monoisotopic (exact) mass is 448 g/mol. The maximum absolute atomic E-state index is 13.3. The Kier molecular flexibility index (Phi) is 6.18. The number of amides is 1. The Bertz CT molecular complexity index is 1040. The van der Waals surface area contributed by atoms with E-state index in [1.165, 1.54) is 12.1 Å². The van der Waals surface area contributed by atoms with E-state index in [1.807, 2.05) is 0 Å². The second-order valence-electron chi connectivity index (χ2n) is 6.58. The third-order valence-electron chi connectivity index (χ3n) is 4.52. The van der Waals surface area contributed by atoms with Crippen LogP contribution in [0.1, 0.15) is 29.6 Å². The first-order valence-corrected chi connectivity index (χ1v) is 10.4. The minimum Gasteiger partial charge on any atom is -0.391 e. The number of aliphatic hydroxyl groups excluding tert-OH is 1. The molecule has 1 aliphatic rings. The smallest absolute Gasteiger partial charge is 0.257 e. The number of hydrogen-bond donors (Lipinski definition) is 3. The van der Waals surface area contributed by atoms with E-state index in [2.05, 4.69) is 10.0 Å². The molecular weight excluding hydrogens is 433 g/mol. The predicted octanol–water partition coefficient (Wildman–Crippen LogP) is 3.20. The molecule has 0 heterocycles. The van der Waals surface area contributed by atoms with Crippen molar-refractivity contribution in [2.75, 3.05) is 5.32 Å². The van der Waals surface area contributed by atoms with Crippen LogP contribution in [0.15, 0.2) is 35.2 Å². The molecule has 0 aliphatic heterocycles. The van der Waals surface area contributed by atoms with Crippen molar-refractivity contribution in [2.24, 2.45) is 0 Å². The van der Waals surface area contributed by atoms with Gasteiger partial charge in [-0.15, -0.1) is 0 Å². The minimum absolute atomic E-state index is 0.106. The largest absolute Gasteiger partial charge is 0.391 e. The van der Waals surface area contributed by atoms with E-state index in [1.54, 1.807) is 0 Å². The molecule has 2 aromatic carbocycles. The molecule has 0 aromatic heterocycles. The predicted molar refractivity (Wildman–Crippen MR) is 99.7 cm³/mol. The highest BCUT2D eigenvalue weighted by Crippen LogP contribution is 2.25. The van der Waals surface area contributed by atoms with Gasteiger partial charge in [0.15, 0.2) is 17.5 Å². The quantitative estimate of drug-likeness (QED) is 0.612. The number of anilines is 1. The van der Waals surface area contributed by atoms with Crippen LogP contribution in [-0.2, 0) is 10.0 Å². The van der Waals surface area contributed by atoms with Crippen molar-refractivity contribution < 1.29 is 31.5 Å². The van der Waals surface area contributed by atoms with Crippen LogP contribution in [0.3, 0.4) is 0 Å². The first kappa shape index (κ1) is 21.6. The average molecular weight is 449 g/mol. The normalized spacial score (nSPS) is 19.3. The van der Waals surface area contributed by atoms with Crippen LogP contribution < -0.4 is 10.0 Å². The van der Waals surface area contributed by atoms with E-state index in [-0.39, 0.29) is 21.2 Å². The molecule has 0 spiro atoms. The van der Waals surface area contributed by atoms with E-state index >= 15 is 0 Å². The highest BCUT2D eigenvalue weighted by atomic mass is 35.5. The average Bonchev–Trinajstić information content (AvgIpc) is 3.03. The van der Waals surface area contributed by atoms with Crippen LogP contribution in [0.2, 0.25) is 5.02 Å². The van der Waals surface area contributed by atoms with E-state index in [4.69, 9.17) is 11.6 Å². The Morgan fingerprint density at radius 1 is 1.10 bits per heavy atom. The van der Waals surface area contributed by atoms with Crippen molar-refractivity contribution in [1.29, 1.82) is 0 Å². The molecule has 2 unspecified atom stereocenters. The van der Waals surface area contributed by atoms with Crippen LogP contribution >= 0.6 is 11.6 Å². The SMILES string of the molecule is O=C(Nc1cc(F)c(F)c(F)c1)c1cc(S(=O)(=O)NC2CCCC2O)ccc1Cl. The van der Waals surface area contributed by atoms with Gasteiger partial charge in [-0.05, 0) is 37.5 Å². The summed E-state index contributed by atoms with van der Waals surface area (Å²) < 4.78 is 67.2. The topological polar surface area (TPSA) is 95.5 Å². The lowest BCUT2D eigenvalue weighted by atomic mass is 10.2. The van der Waals surface area contributed by atoms with Crippen molar-refractivity contribution in [2.45, 2.75) is 36.3 Å². The number of carbonyl (C=O) groups excluding carboxylic acids is 1. The van der Waals surface area contributed by atoms with Gasteiger partial charge in [-0.3, -0.25) is 4.79 Å². The van der Waals surface area contributed by atoms with Crippen LogP contribution in [-0.4, -0.2) is 31.6 Å². The fourth-order valence-electron chi connectivity index (χ4n) is 3.02. The third kappa shape index (κ3) is 4.72. The molecule has 1 saturated carbocycles. The number of rotatable bonds is 5. The molecule has 6 nitrogen and oxygen atoms in total. The molecule has 2 atom stereocenters. The lowest BCUT2D eigenvalue weighted by molar-refractivity contribution is 0.102. The lowest BCUT2D eigenvalue weighted by Gasteiger charge is -2.17. The Labute approximate surface area is 169 Å². The second-order valence-corrected chi connectivity index (χ2v) is 8.70. The molecule has 156 valence electrons. The fraction of sp³-hybridized carbons (Fsp3) is 0.278. The van der Waals surface area contributed by atoms with Crippen molar-refractivity contribution in [3.63, 3.8) is 0 Å². The summed E-state index contributed by atoms with van der Waals surface area (Å²) >= 11 is 5.96. The van der Waals surface area contributed by atoms with Crippen molar-refractivity contribution in [1.82, 2.24) is 4.72 Å². The van der Waals surface area contributed by atoms with Gasteiger partial charge in [0, 0.05) is 23.9 Å². The number of aliphatic hydroxyl groups is 1. The molecular formula is C18H16ClF3N2O4S. The zero-order valence-electron chi connectivity index (χ0n) is 14.8. The van der Waals surface area contributed by atoms with Crippen LogP contribution in [0.5, 0.6) is 0 Å². The minimum atomic E-state index is -4.06. The first-order valence-electron chi connectivity index (χ1n) is 8.54. The molecule has 11 heteroatoms. The highest BCUT2D eigenvalue weighted by molar-refractivity contribution is 7.89. The van der Waals surface area contributed by atoms with Crippen LogP contribution in [0, 0.1) is 17.5 Å². The zero-order chi connectivity index (χ0) is 21.3. The molecule has 1 amide bonds. The van der Waals surface area contributed by atoms with Gasteiger partial charge in [-0.1, -0.05) is 11.6 Å². The molecule has 0 bridgehead atoms. The maximum atomic E-state index is 13.3. The summed E-state index contributed by atoms with van der Waals surface area (Å²) in [6.07, 6.45) is 0.825.